The topological polar surface area (TPSA) is 46.2 Å². The van der Waals surface area contributed by atoms with Crippen LogP contribution in [0.4, 0.5) is 0 Å². The fraction of sp³-hybridized carbons (Fsp3) is 1.00. The maximum atomic E-state index is 5.88. The van der Waals surface area contributed by atoms with Crippen molar-refractivity contribution in [1.29, 1.82) is 0 Å². The second-order valence-electron chi connectivity index (χ2n) is 5.01. The molecule has 0 aliphatic rings. The summed E-state index contributed by atoms with van der Waals surface area (Å²) in [7, 11) is 3.20. The van der Waals surface area contributed by atoms with Gasteiger partial charge in [-0.1, -0.05) is 48.8 Å². The van der Waals surface area contributed by atoms with Crippen LogP contribution in [0, 0.1) is 0 Å². The van der Waals surface area contributed by atoms with Crippen molar-refractivity contribution in [3.05, 3.63) is 0 Å². The third-order valence-electron chi connectivity index (χ3n) is 4.14. The zero-order valence-electron chi connectivity index (χ0n) is 14.2. The van der Waals surface area contributed by atoms with E-state index in [0.717, 1.165) is 12.5 Å². The van der Waals surface area contributed by atoms with Crippen LogP contribution in [0.2, 0.25) is 11.2 Å². The van der Waals surface area contributed by atoms with Gasteiger partial charge in [0, 0.05) is 35.5 Å². The van der Waals surface area contributed by atoms with Crippen molar-refractivity contribution in [1.82, 2.24) is 0 Å². The van der Waals surface area contributed by atoms with Crippen LogP contribution >= 0.6 is 22.6 Å². The number of halogens is 1. The summed E-state index contributed by atoms with van der Waals surface area (Å²) < 4.78 is 29.8. The molecule has 0 radical (unpaired) electrons. The van der Waals surface area contributed by atoms with E-state index in [2.05, 4.69) is 29.5 Å². The average molecular weight is 450 g/mol. The van der Waals surface area contributed by atoms with Crippen LogP contribution < -0.4 is 0 Å². The van der Waals surface area contributed by atoms with Crippen LogP contribution in [0.5, 0.6) is 0 Å². The van der Waals surface area contributed by atoms with Crippen LogP contribution in [0.25, 0.3) is 0 Å². The van der Waals surface area contributed by atoms with Gasteiger partial charge in [-0.05, 0) is 16.9 Å². The summed E-state index contributed by atoms with van der Waals surface area (Å²) >= 11 is 2.42. The van der Waals surface area contributed by atoms with E-state index in [4.69, 9.17) is 22.1 Å². The molecule has 0 aliphatic heterocycles. The lowest BCUT2D eigenvalue weighted by Gasteiger charge is -2.39. The van der Waals surface area contributed by atoms with Crippen molar-refractivity contribution in [2.45, 2.75) is 43.8 Å². The van der Waals surface area contributed by atoms with Gasteiger partial charge in [0.2, 0.25) is 0 Å². The molecule has 8 heteroatoms. The van der Waals surface area contributed by atoms with E-state index in [-0.39, 0.29) is 5.16 Å². The van der Waals surface area contributed by atoms with Gasteiger partial charge in [0.1, 0.15) is 0 Å². The van der Waals surface area contributed by atoms with Gasteiger partial charge in [0.15, 0.2) is 0 Å². The molecule has 21 heavy (non-hydrogen) atoms. The molecule has 0 aromatic carbocycles. The van der Waals surface area contributed by atoms with Gasteiger partial charge in [0.05, 0.1) is 5.16 Å². The molecule has 1 atom stereocenters. The first-order valence-corrected chi connectivity index (χ1v) is 12.8. The van der Waals surface area contributed by atoms with Crippen molar-refractivity contribution in [2.75, 3.05) is 40.0 Å². The second-order valence-corrected chi connectivity index (χ2v) is 13.8. The van der Waals surface area contributed by atoms with Crippen molar-refractivity contribution < 1.29 is 22.1 Å². The Labute approximate surface area is 145 Å². The molecule has 1 unspecified atom stereocenters. The summed E-state index contributed by atoms with van der Waals surface area (Å²) in [5, 5.41) is 0.0181. The predicted molar refractivity (Wildman–Crippen MR) is 98.1 cm³/mol. The van der Waals surface area contributed by atoms with Crippen LogP contribution in [0.15, 0.2) is 0 Å². The summed E-state index contributed by atoms with van der Waals surface area (Å²) in [6.07, 6.45) is 4.85. The van der Waals surface area contributed by atoms with Gasteiger partial charge in [0.25, 0.3) is 0 Å². The van der Waals surface area contributed by atoms with Gasteiger partial charge in [-0.15, -0.1) is 0 Å². The van der Waals surface area contributed by atoms with E-state index in [1.807, 2.05) is 0 Å². The highest BCUT2D eigenvalue weighted by Gasteiger charge is 2.58. The standard InChI is InChI=1S/C13H31IO5Si2/c1-13(21(17-4,18-5)19-6)20(15-2,16-3)12-10-8-7-9-11-14/h13H,7-12H2,1-6H3. The SMILES string of the molecule is CO[Si](CCCCCCI)(OC)C(C)[Si](OC)(OC)OC. The molecule has 0 aromatic heterocycles. The second kappa shape index (κ2) is 11.5. The van der Waals surface area contributed by atoms with Crippen LogP contribution in [0.3, 0.4) is 0 Å². The molecule has 0 amide bonds. The third-order valence-corrected chi connectivity index (χ3v) is 13.8. The smallest absolute Gasteiger partial charge is 0.397 e. The molecule has 0 fully saturated rings. The molecule has 128 valence electrons. The Morgan fingerprint density at radius 2 is 1.24 bits per heavy atom. The van der Waals surface area contributed by atoms with E-state index >= 15 is 0 Å². The van der Waals surface area contributed by atoms with Gasteiger partial charge in [-0.25, -0.2) is 0 Å². The molecule has 0 heterocycles. The van der Waals surface area contributed by atoms with Crippen LogP contribution in [-0.2, 0) is 22.1 Å². The summed E-state index contributed by atoms with van der Waals surface area (Å²) in [4.78, 5) is 0. The molecule has 0 aliphatic carbocycles. The Morgan fingerprint density at radius 1 is 0.762 bits per heavy atom. The molecule has 0 saturated heterocycles. The van der Waals surface area contributed by atoms with Crippen LogP contribution in [-0.4, -0.2) is 57.3 Å². The van der Waals surface area contributed by atoms with Crippen molar-refractivity contribution in [3.8, 4) is 0 Å². The van der Waals surface area contributed by atoms with E-state index in [0.29, 0.717) is 0 Å². The molecule has 0 spiro atoms. The minimum atomic E-state index is -2.76. The molecule has 0 N–H and O–H groups in total. The zero-order valence-corrected chi connectivity index (χ0v) is 18.4. The first kappa shape index (κ1) is 22.0. The minimum absolute atomic E-state index is 0.0181. The lowest BCUT2D eigenvalue weighted by molar-refractivity contribution is 0.111. The average Bonchev–Trinajstić information content (AvgIpc) is 2.53. The maximum absolute atomic E-state index is 5.88. The van der Waals surface area contributed by atoms with Crippen molar-refractivity contribution in [2.24, 2.45) is 0 Å². The van der Waals surface area contributed by atoms with Crippen molar-refractivity contribution in [3.63, 3.8) is 0 Å². The minimum Gasteiger partial charge on any atom is -0.397 e. The lowest BCUT2D eigenvalue weighted by atomic mass is 10.2. The van der Waals surface area contributed by atoms with Gasteiger partial charge < -0.3 is 22.1 Å². The number of hydrogen-bond acceptors (Lipinski definition) is 5. The normalized spacial score (nSPS) is 14.4. The summed E-state index contributed by atoms with van der Waals surface area (Å²) in [6, 6.07) is 0.938. The molecule has 5 nitrogen and oxygen atoms in total. The third kappa shape index (κ3) is 5.83. The first-order valence-electron chi connectivity index (χ1n) is 7.34. The first-order chi connectivity index (χ1) is 10.0. The Hall–Kier alpha value is 0.964. The Kier molecular flexibility index (Phi) is 12.0. The highest BCUT2D eigenvalue weighted by atomic mass is 127. The predicted octanol–water partition coefficient (Wildman–Crippen LogP) is 3.52. The quantitative estimate of drug-likeness (QED) is 0.186. The molecular weight excluding hydrogens is 419 g/mol. The zero-order chi connectivity index (χ0) is 16.4. The Balaban J connectivity index is 4.90. The largest absolute Gasteiger partial charge is 0.505 e. The fourth-order valence-corrected chi connectivity index (χ4v) is 11.6. The van der Waals surface area contributed by atoms with E-state index in [9.17, 15) is 0 Å². The summed E-state index contributed by atoms with van der Waals surface area (Å²) in [5.41, 5.74) is 0. The summed E-state index contributed by atoms with van der Waals surface area (Å²) in [6.45, 7) is 2.08. The monoisotopic (exact) mass is 450 g/mol. The van der Waals surface area contributed by atoms with Gasteiger partial charge >= 0.3 is 17.4 Å². The van der Waals surface area contributed by atoms with E-state index in [1.165, 1.54) is 23.7 Å². The van der Waals surface area contributed by atoms with Crippen molar-refractivity contribution >= 4 is 40.0 Å². The molecule has 0 rings (SSSR count). The number of rotatable bonds is 13. The number of unbranched alkanes of at least 4 members (excludes halogenated alkanes) is 3. The number of alkyl halides is 1. The summed E-state index contributed by atoms with van der Waals surface area (Å²) in [5.74, 6) is 0. The Morgan fingerprint density at radius 3 is 1.62 bits per heavy atom. The highest BCUT2D eigenvalue weighted by Crippen LogP contribution is 2.37. The van der Waals surface area contributed by atoms with Crippen LogP contribution in [0.1, 0.15) is 32.6 Å². The highest BCUT2D eigenvalue weighted by molar-refractivity contribution is 14.1. The van der Waals surface area contributed by atoms with Gasteiger partial charge in [-0.3, -0.25) is 0 Å². The Bertz CT molecular complexity index is 255. The molecule has 0 bridgehead atoms. The number of hydrogen-bond donors (Lipinski definition) is 0. The lowest BCUT2D eigenvalue weighted by Crippen LogP contribution is -2.59. The maximum Gasteiger partial charge on any atom is 0.505 e. The van der Waals surface area contributed by atoms with E-state index in [1.54, 1.807) is 35.5 Å². The van der Waals surface area contributed by atoms with Gasteiger partial charge in [-0.2, -0.15) is 0 Å². The molecule has 0 saturated carbocycles. The fourth-order valence-electron chi connectivity index (χ4n) is 2.73. The van der Waals surface area contributed by atoms with E-state index < -0.39 is 17.4 Å². The molecular formula is C13H31IO5Si2. The molecule has 0 aromatic rings.